The minimum Gasteiger partial charge on any atom is -0.399 e. The Morgan fingerprint density at radius 2 is 2.00 bits per heavy atom. The van der Waals surface area contributed by atoms with Crippen molar-refractivity contribution in [1.82, 2.24) is 24.3 Å². The van der Waals surface area contributed by atoms with Crippen molar-refractivity contribution >= 4 is 28.7 Å². The maximum Gasteiger partial charge on any atom is 0.319 e. The van der Waals surface area contributed by atoms with E-state index < -0.39 is 0 Å². The third-order valence-corrected chi connectivity index (χ3v) is 5.07. The highest BCUT2D eigenvalue weighted by Crippen LogP contribution is 2.25. The molecule has 0 saturated carbocycles. The van der Waals surface area contributed by atoms with Crippen molar-refractivity contribution in [3.8, 4) is 0 Å². The average molecular weight is 378 g/mol. The van der Waals surface area contributed by atoms with Gasteiger partial charge in [0.15, 0.2) is 0 Å². The Morgan fingerprint density at radius 1 is 1.21 bits per heavy atom. The molecule has 0 radical (unpaired) electrons. The minimum absolute atomic E-state index is 0.0450. The molecular weight excluding hydrogens is 356 g/mol. The number of imidazole rings is 1. The number of anilines is 1. The summed E-state index contributed by atoms with van der Waals surface area (Å²) in [5, 5.41) is 0. The lowest BCUT2D eigenvalue weighted by Gasteiger charge is -2.31. The van der Waals surface area contributed by atoms with Crippen molar-refractivity contribution in [2.45, 2.75) is 19.9 Å². The van der Waals surface area contributed by atoms with Crippen LogP contribution in [0.3, 0.4) is 0 Å². The third-order valence-electron chi connectivity index (χ3n) is 5.07. The number of fused-ring (bicyclic) bond motifs is 2. The van der Waals surface area contributed by atoms with Crippen LogP contribution in [-0.4, -0.2) is 56.9 Å². The van der Waals surface area contributed by atoms with Gasteiger partial charge in [-0.05, 0) is 42.7 Å². The number of nitrogens with zero attached hydrogens (tertiary/aromatic N) is 5. The maximum absolute atomic E-state index is 13.4. The van der Waals surface area contributed by atoms with Gasteiger partial charge >= 0.3 is 6.03 Å². The molecule has 0 unspecified atom stereocenters. The molecule has 2 aromatic heterocycles. The number of amides is 2. The van der Waals surface area contributed by atoms with Gasteiger partial charge in [-0.15, -0.1) is 0 Å². The van der Waals surface area contributed by atoms with Crippen LogP contribution in [0, 0.1) is 6.92 Å². The van der Waals surface area contributed by atoms with E-state index in [-0.39, 0.29) is 11.9 Å². The number of nitrogen functional groups attached to an aromatic ring is 1. The molecule has 144 valence electrons. The van der Waals surface area contributed by atoms with Crippen molar-refractivity contribution < 1.29 is 9.59 Å². The van der Waals surface area contributed by atoms with Gasteiger partial charge in [0.05, 0.1) is 16.6 Å². The van der Waals surface area contributed by atoms with Gasteiger partial charge < -0.3 is 15.5 Å². The van der Waals surface area contributed by atoms with Crippen LogP contribution < -0.4 is 5.73 Å². The van der Waals surface area contributed by atoms with E-state index in [9.17, 15) is 9.59 Å². The summed E-state index contributed by atoms with van der Waals surface area (Å²) in [6.45, 7) is 2.81. The van der Waals surface area contributed by atoms with E-state index in [0.29, 0.717) is 42.1 Å². The highest BCUT2D eigenvalue weighted by atomic mass is 16.2. The third kappa shape index (κ3) is 2.87. The van der Waals surface area contributed by atoms with Crippen LogP contribution in [0.4, 0.5) is 10.5 Å². The molecule has 1 aliphatic heterocycles. The largest absolute Gasteiger partial charge is 0.399 e. The first-order chi connectivity index (χ1) is 13.4. The van der Waals surface area contributed by atoms with E-state index in [4.69, 9.17) is 5.73 Å². The number of aromatic nitrogens is 3. The second-order valence-electron chi connectivity index (χ2n) is 7.22. The molecular formula is C20H22N6O2. The Bertz CT molecular complexity index is 1100. The molecule has 4 rings (SSSR count). The number of urea groups is 1. The minimum atomic E-state index is -0.165. The lowest BCUT2D eigenvalue weighted by atomic mass is 9.96. The number of benzene rings is 1. The Morgan fingerprint density at radius 3 is 2.75 bits per heavy atom. The second kappa shape index (κ2) is 6.63. The summed E-state index contributed by atoms with van der Waals surface area (Å²) < 4.78 is 1.60. The van der Waals surface area contributed by atoms with Crippen LogP contribution in [0.2, 0.25) is 0 Å². The second-order valence-corrected chi connectivity index (χ2v) is 7.22. The smallest absolute Gasteiger partial charge is 0.319 e. The molecule has 28 heavy (non-hydrogen) atoms. The lowest BCUT2D eigenvalue weighted by Crippen LogP contribution is -2.42. The Balaban J connectivity index is 1.74. The molecule has 0 fully saturated rings. The SMILES string of the molecule is Cc1nc2cc(N)ccc2n1C(=O)c1cncc2c1CCN(C(=O)N(C)C)C2. The van der Waals surface area contributed by atoms with Gasteiger partial charge in [-0.1, -0.05) is 0 Å². The van der Waals surface area contributed by atoms with Crippen molar-refractivity contribution in [2.24, 2.45) is 0 Å². The fraction of sp³-hybridized carbons (Fsp3) is 0.300. The van der Waals surface area contributed by atoms with E-state index in [1.165, 1.54) is 0 Å². The monoisotopic (exact) mass is 378 g/mol. The predicted octanol–water partition coefficient (Wildman–Crippen LogP) is 2.05. The summed E-state index contributed by atoms with van der Waals surface area (Å²) in [5.74, 6) is 0.435. The summed E-state index contributed by atoms with van der Waals surface area (Å²) in [5.41, 5.74) is 10.2. The predicted molar refractivity (Wildman–Crippen MR) is 106 cm³/mol. The zero-order valence-corrected chi connectivity index (χ0v) is 16.1. The number of aryl methyl sites for hydroxylation is 1. The van der Waals surface area contributed by atoms with Crippen molar-refractivity contribution in [2.75, 3.05) is 26.4 Å². The number of pyridine rings is 1. The molecule has 0 aliphatic carbocycles. The molecule has 8 heteroatoms. The normalized spacial score (nSPS) is 13.5. The summed E-state index contributed by atoms with van der Waals surface area (Å²) in [6, 6.07) is 5.28. The van der Waals surface area contributed by atoms with Crippen LogP contribution in [0.5, 0.6) is 0 Å². The van der Waals surface area contributed by atoms with Gasteiger partial charge in [-0.3, -0.25) is 14.3 Å². The zero-order valence-electron chi connectivity index (χ0n) is 16.1. The molecule has 3 aromatic rings. The molecule has 1 aromatic carbocycles. The van der Waals surface area contributed by atoms with Gasteiger partial charge in [0.1, 0.15) is 5.82 Å². The van der Waals surface area contributed by atoms with Crippen molar-refractivity contribution in [1.29, 1.82) is 0 Å². The van der Waals surface area contributed by atoms with Crippen LogP contribution in [0.1, 0.15) is 27.3 Å². The van der Waals surface area contributed by atoms with Gasteiger partial charge in [0.2, 0.25) is 0 Å². The summed E-state index contributed by atoms with van der Waals surface area (Å²) in [6.07, 6.45) is 3.95. The van der Waals surface area contributed by atoms with E-state index in [0.717, 1.165) is 16.6 Å². The van der Waals surface area contributed by atoms with Gasteiger partial charge in [-0.25, -0.2) is 9.78 Å². The van der Waals surface area contributed by atoms with Crippen molar-refractivity contribution in [3.63, 3.8) is 0 Å². The summed E-state index contributed by atoms with van der Waals surface area (Å²) in [4.78, 5) is 37.7. The average Bonchev–Trinajstić information content (AvgIpc) is 3.00. The maximum atomic E-state index is 13.4. The Hall–Kier alpha value is -3.42. The quantitative estimate of drug-likeness (QED) is 0.654. The molecule has 2 N–H and O–H groups in total. The molecule has 1 aliphatic rings. The number of hydrogen-bond donors (Lipinski definition) is 1. The molecule has 0 atom stereocenters. The molecule has 0 bridgehead atoms. The molecule has 0 saturated heterocycles. The van der Waals surface area contributed by atoms with Crippen molar-refractivity contribution in [3.05, 3.63) is 53.1 Å². The van der Waals surface area contributed by atoms with Gasteiger partial charge in [0.25, 0.3) is 5.91 Å². The number of carbonyl (C=O) groups excluding carboxylic acids is 2. The fourth-order valence-electron chi connectivity index (χ4n) is 3.72. The summed E-state index contributed by atoms with van der Waals surface area (Å²) in [7, 11) is 3.46. The number of nitrogens with two attached hydrogens (primary N) is 1. The number of carbonyl (C=O) groups is 2. The molecule has 0 spiro atoms. The number of hydrogen-bond acceptors (Lipinski definition) is 5. The van der Waals surface area contributed by atoms with Crippen LogP contribution in [0.15, 0.2) is 30.6 Å². The highest BCUT2D eigenvalue weighted by Gasteiger charge is 2.27. The molecule has 3 heterocycles. The standard InChI is InChI=1S/C20H22N6O2/c1-12-23-17-8-14(21)4-5-18(17)26(12)19(27)16-10-22-9-13-11-25(7-6-15(13)16)20(28)24(2)3/h4-5,8-10H,6-7,11,21H2,1-3H3. The van der Waals surface area contributed by atoms with Gasteiger partial charge in [0, 0.05) is 45.3 Å². The van der Waals surface area contributed by atoms with Crippen LogP contribution in [0.25, 0.3) is 11.0 Å². The lowest BCUT2D eigenvalue weighted by molar-refractivity contribution is 0.0960. The first-order valence-corrected chi connectivity index (χ1v) is 9.08. The molecule has 8 nitrogen and oxygen atoms in total. The highest BCUT2D eigenvalue weighted by molar-refractivity contribution is 6.03. The molecule has 2 amide bonds. The van der Waals surface area contributed by atoms with E-state index in [2.05, 4.69) is 9.97 Å². The summed E-state index contributed by atoms with van der Waals surface area (Å²) >= 11 is 0. The zero-order chi connectivity index (χ0) is 20.0. The van der Waals surface area contributed by atoms with E-state index in [1.807, 2.05) is 6.07 Å². The van der Waals surface area contributed by atoms with Crippen LogP contribution >= 0.6 is 0 Å². The first-order valence-electron chi connectivity index (χ1n) is 9.08. The fourth-order valence-corrected chi connectivity index (χ4v) is 3.72. The topological polar surface area (TPSA) is 97.3 Å². The van der Waals surface area contributed by atoms with E-state index in [1.54, 1.807) is 59.9 Å². The van der Waals surface area contributed by atoms with E-state index >= 15 is 0 Å². The first kappa shape index (κ1) is 18.0. The Kier molecular flexibility index (Phi) is 4.26. The van der Waals surface area contributed by atoms with Crippen LogP contribution in [-0.2, 0) is 13.0 Å². The van der Waals surface area contributed by atoms with Gasteiger partial charge in [-0.2, -0.15) is 0 Å². The number of rotatable bonds is 1. The Labute approximate surface area is 162 Å².